The quantitative estimate of drug-likeness (QED) is 0.740. The minimum absolute atomic E-state index is 0.456. The standard InChI is InChI=1S/C17H16ClNO.C4H4O4/c1-19-9-14-12-4-2-3-5-16(12)20-17-7-6-11(18)8-13(17)15(14)10-19;5-3(6)1-2-4(7)8/h2-8,14-15H,9-10H2,1H3;1-2H,(H,5,6)(H,7,8). The lowest BCUT2D eigenvalue weighted by Gasteiger charge is -2.17. The average molecular weight is 402 g/mol. The van der Waals surface area contributed by atoms with Crippen LogP contribution < -0.4 is 4.74 Å². The fourth-order valence-electron chi connectivity index (χ4n) is 3.67. The number of benzene rings is 2. The SMILES string of the molecule is CN1CC2c3ccccc3Oc3ccc(Cl)cc3C2C1.O=C(O)C=CC(=O)O. The Morgan fingerprint density at radius 3 is 2.21 bits per heavy atom. The zero-order valence-electron chi connectivity index (χ0n) is 15.2. The van der Waals surface area contributed by atoms with Gasteiger partial charge in [-0.1, -0.05) is 29.8 Å². The number of aliphatic carboxylic acids is 2. The Bertz CT molecular complexity index is 911. The van der Waals surface area contributed by atoms with Crippen LogP contribution in [0.3, 0.4) is 0 Å². The van der Waals surface area contributed by atoms with Crippen LogP contribution in [0.4, 0.5) is 0 Å². The molecule has 2 aliphatic rings. The van der Waals surface area contributed by atoms with Crippen molar-refractivity contribution in [1.82, 2.24) is 4.90 Å². The van der Waals surface area contributed by atoms with Crippen molar-refractivity contribution in [3.63, 3.8) is 0 Å². The molecule has 2 aromatic rings. The number of fused-ring (bicyclic) bond motifs is 5. The van der Waals surface area contributed by atoms with Gasteiger partial charge in [-0.2, -0.15) is 0 Å². The van der Waals surface area contributed by atoms with Crippen LogP contribution in [0.25, 0.3) is 0 Å². The molecule has 146 valence electrons. The van der Waals surface area contributed by atoms with Crippen molar-refractivity contribution in [1.29, 1.82) is 0 Å². The molecule has 2 atom stereocenters. The van der Waals surface area contributed by atoms with E-state index in [1.165, 1.54) is 11.1 Å². The van der Waals surface area contributed by atoms with Crippen molar-refractivity contribution in [2.75, 3.05) is 20.1 Å². The van der Waals surface area contributed by atoms with E-state index in [1.807, 2.05) is 18.2 Å². The number of para-hydroxylation sites is 1. The Balaban J connectivity index is 0.000000242. The molecule has 0 radical (unpaired) electrons. The normalized spacial score (nSPS) is 20.1. The number of carboxylic acids is 2. The van der Waals surface area contributed by atoms with Crippen molar-refractivity contribution in [3.8, 4) is 11.5 Å². The zero-order valence-corrected chi connectivity index (χ0v) is 16.0. The van der Waals surface area contributed by atoms with E-state index in [-0.39, 0.29) is 0 Å². The second kappa shape index (κ2) is 8.46. The van der Waals surface area contributed by atoms with E-state index in [4.69, 9.17) is 26.6 Å². The number of halogens is 1. The summed E-state index contributed by atoms with van der Waals surface area (Å²) in [6.07, 6.45) is 1.12. The highest BCUT2D eigenvalue weighted by Gasteiger charge is 2.38. The first kappa shape index (κ1) is 19.9. The molecule has 1 saturated heterocycles. The highest BCUT2D eigenvalue weighted by Crippen LogP contribution is 2.49. The highest BCUT2D eigenvalue weighted by molar-refractivity contribution is 6.30. The van der Waals surface area contributed by atoms with Gasteiger partial charge < -0.3 is 19.8 Å². The van der Waals surface area contributed by atoms with Gasteiger partial charge in [-0.05, 0) is 36.9 Å². The second-order valence-corrected chi connectivity index (χ2v) is 7.20. The van der Waals surface area contributed by atoms with Gasteiger partial charge in [-0.3, -0.25) is 0 Å². The molecule has 2 aromatic carbocycles. The minimum atomic E-state index is -1.26. The van der Waals surface area contributed by atoms with Crippen molar-refractivity contribution < 1.29 is 24.5 Å². The van der Waals surface area contributed by atoms with Gasteiger partial charge in [0, 0.05) is 47.7 Å². The molecule has 2 N–H and O–H groups in total. The molecular formula is C21H20ClNO5. The number of carbonyl (C=O) groups is 2. The third-order valence-electron chi connectivity index (χ3n) is 4.78. The Morgan fingerprint density at radius 2 is 1.57 bits per heavy atom. The number of hydrogen-bond acceptors (Lipinski definition) is 4. The van der Waals surface area contributed by atoms with Gasteiger partial charge in [0.05, 0.1) is 0 Å². The maximum atomic E-state index is 9.55. The summed E-state index contributed by atoms with van der Waals surface area (Å²) < 4.78 is 6.15. The summed E-state index contributed by atoms with van der Waals surface area (Å²) in [5.41, 5.74) is 2.55. The molecule has 0 spiro atoms. The first-order valence-electron chi connectivity index (χ1n) is 8.74. The highest BCUT2D eigenvalue weighted by atomic mass is 35.5. The van der Waals surface area contributed by atoms with Gasteiger partial charge in [-0.15, -0.1) is 0 Å². The molecule has 2 unspecified atom stereocenters. The van der Waals surface area contributed by atoms with Gasteiger partial charge in [0.2, 0.25) is 0 Å². The van der Waals surface area contributed by atoms with Crippen molar-refractivity contribution >= 4 is 23.5 Å². The lowest BCUT2D eigenvalue weighted by molar-refractivity contribution is -0.134. The van der Waals surface area contributed by atoms with Gasteiger partial charge in [0.15, 0.2) is 0 Å². The first-order valence-corrected chi connectivity index (χ1v) is 9.11. The fourth-order valence-corrected chi connectivity index (χ4v) is 3.85. The number of likely N-dealkylation sites (N-methyl/N-ethyl adjacent to an activating group) is 1. The largest absolute Gasteiger partial charge is 0.478 e. The van der Waals surface area contributed by atoms with Gasteiger partial charge in [0.25, 0.3) is 0 Å². The summed E-state index contributed by atoms with van der Waals surface area (Å²) in [4.78, 5) is 21.5. The number of ether oxygens (including phenoxy) is 1. The third-order valence-corrected chi connectivity index (χ3v) is 5.02. The molecule has 28 heavy (non-hydrogen) atoms. The van der Waals surface area contributed by atoms with Gasteiger partial charge in [0.1, 0.15) is 11.5 Å². The molecule has 2 aliphatic heterocycles. The molecule has 2 heterocycles. The van der Waals surface area contributed by atoms with E-state index in [0.717, 1.165) is 29.6 Å². The maximum absolute atomic E-state index is 9.55. The first-order chi connectivity index (χ1) is 13.3. The monoisotopic (exact) mass is 401 g/mol. The topological polar surface area (TPSA) is 87.1 Å². The van der Waals surface area contributed by atoms with Crippen molar-refractivity contribution in [3.05, 3.63) is 70.8 Å². The van der Waals surface area contributed by atoms with Gasteiger partial charge >= 0.3 is 11.9 Å². The molecule has 0 aromatic heterocycles. The summed E-state index contributed by atoms with van der Waals surface area (Å²) >= 11 is 6.20. The van der Waals surface area contributed by atoms with Crippen molar-refractivity contribution in [2.24, 2.45) is 0 Å². The Hall–Kier alpha value is -2.83. The van der Waals surface area contributed by atoms with Crippen LogP contribution in [0.15, 0.2) is 54.6 Å². The van der Waals surface area contributed by atoms with E-state index in [9.17, 15) is 9.59 Å². The average Bonchev–Trinajstić information content (AvgIpc) is 2.98. The molecule has 0 aliphatic carbocycles. The number of hydrogen-bond donors (Lipinski definition) is 2. The summed E-state index contributed by atoms with van der Waals surface area (Å²) in [6, 6.07) is 14.4. The smallest absolute Gasteiger partial charge is 0.328 e. The van der Waals surface area contributed by atoms with E-state index in [1.54, 1.807) is 0 Å². The van der Waals surface area contributed by atoms with E-state index in [2.05, 4.69) is 36.2 Å². The van der Waals surface area contributed by atoms with Crippen LogP contribution in [0.2, 0.25) is 5.02 Å². The van der Waals surface area contributed by atoms with Crippen LogP contribution in [-0.4, -0.2) is 47.2 Å². The number of rotatable bonds is 2. The molecule has 0 bridgehead atoms. The Labute approximate surface area is 167 Å². The number of nitrogens with zero attached hydrogens (tertiary/aromatic N) is 1. The molecule has 4 rings (SSSR count). The predicted molar refractivity (Wildman–Crippen MR) is 105 cm³/mol. The van der Waals surface area contributed by atoms with E-state index < -0.39 is 11.9 Å². The minimum Gasteiger partial charge on any atom is -0.478 e. The third kappa shape index (κ3) is 4.52. The lowest BCUT2D eigenvalue weighted by Crippen LogP contribution is -2.14. The van der Waals surface area contributed by atoms with Crippen LogP contribution in [-0.2, 0) is 9.59 Å². The zero-order chi connectivity index (χ0) is 20.3. The summed E-state index contributed by atoms with van der Waals surface area (Å²) in [6.45, 7) is 2.12. The summed E-state index contributed by atoms with van der Waals surface area (Å²) in [7, 11) is 2.18. The van der Waals surface area contributed by atoms with Crippen molar-refractivity contribution in [2.45, 2.75) is 11.8 Å². The Morgan fingerprint density at radius 1 is 1.00 bits per heavy atom. The summed E-state index contributed by atoms with van der Waals surface area (Å²) in [5.74, 6) is 0.358. The molecule has 0 saturated carbocycles. The van der Waals surface area contributed by atoms with Crippen LogP contribution in [0, 0.1) is 0 Å². The van der Waals surface area contributed by atoms with Crippen LogP contribution >= 0.6 is 11.6 Å². The van der Waals surface area contributed by atoms with E-state index >= 15 is 0 Å². The Kier molecular flexibility index (Phi) is 6.02. The number of carboxylic acid groups (broad SMARTS) is 2. The molecule has 0 amide bonds. The van der Waals surface area contributed by atoms with Crippen LogP contribution in [0.1, 0.15) is 23.0 Å². The molecule has 1 fully saturated rings. The predicted octanol–water partition coefficient (Wildman–Crippen LogP) is 3.97. The summed E-state index contributed by atoms with van der Waals surface area (Å²) in [5, 5.41) is 16.4. The van der Waals surface area contributed by atoms with Gasteiger partial charge in [-0.25, -0.2) is 9.59 Å². The lowest BCUT2D eigenvalue weighted by atomic mass is 9.84. The second-order valence-electron chi connectivity index (χ2n) is 6.77. The van der Waals surface area contributed by atoms with Crippen LogP contribution in [0.5, 0.6) is 11.5 Å². The molecule has 6 nitrogen and oxygen atoms in total. The number of likely N-dealkylation sites (tertiary alicyclic amines) is 1. The molecule has 7 heteroatoms. The maximum Gasteiger partial charge on any atom is 0.328 e. The fraction of sp³-hybridized carbons (Fsp3) is 0.238. The molecular weight excluding hydrogens is 382 g/mol. The van der Waals surface area contributed by atoms with E-state index in [0.29, 0.717) is 24.0 Å².